The summed E-state index contributed by atoms with van der Waals surface area (Å²) in [6.45, 7) is 3.30. The number of carbonyl (C=O) groups is 1. The van der Waals surface area contributed by atoms with E-state index in [-0.39, 0.29) is 11.8 Å². The standard InChI is InChI=1S/C19H20N6O/c1-13-23-16(10-17(24-13)18-21-7-8-22-18)15-5-3-9-25(12-15)19(26)14-4-2-6-20-11-14/h2,4,6-8,10-11,15H,3,5,9,12H2,1H3,(H,21,22)/t15-/m0/s1. The van der Waals surface area contributed by atoms with Gasteiger partial charge in [-0.05, 0) is 38.0 Å². The number of hydrogen-bond donors (Lipinski definition) is 1. The summed E-state index contributed by atoms with van der Waals surface area (Å²) in [6, 6.07) is 5.58. The van der Waals surface area contributed by atoms with Gasteiger partial charge in [-0.2, -0.15) is 0 Å². The Morgan fingerprint density at radius 1 is 1.31 bits per heavy atom. The third kappa shape index (κ3) is 3.33. The van der Waals surface area contributed by atoms with E-state index >= 15 is 0 Å². The lowest BCUT2D eigenvalue weighted by molar-refractivity contribution is 0.0705. The highest BCUT2D eigenvalue weighted by Gasteiger charge is 2.27. The molecule has 0 saturated carbocycles. The van der Waals surface area contributed by atoms with Crippen molar-refractivity contribution in [2.45, 2.75) is 25.7 Å². The first kappa shape index (κ1) is 16.4. The summed E-state index contributed by atoms with van der Waals surface area (Å²) in [7, 11) is 0. The lowest BCUT2D eigenvalue weighted by atomic mass is 9.93. The van der Waals surface area contributed by atoms with Crippen LogP contribution in [0.1, 0.15) is 40.6 Å². The van der Waals surface area contributed by atoms with Gasteiger partial charge in [-0.15, -0.1) is 0 Å². The third-order valence-electron chi connectivity index (χ3n) is 4.63. The van der Waals surface area contributed by atoms with Crippen molar-refractivity contribution in [1.82, 2.24) is 29.8 Å². The highest BCUT2D eigenvalue weighted by molar-refractivity contribution is 5.94. The van der Waals surface area contributed by atoms with Gasteiger partial charge in [0.15, 0.2) is 5.82 Å². The first-order chi connectivity index (χ1) is 12.7. The van der Waals surface area contributed by atoms with Gasteiger partial charge in [0.1, 0.15) is 11.5 Å². The molecule has 1 N–H and O–H groups in total. The van der Waals surface area contributed by atoms with Gasteiger partial charge in [-0.3, -0.25) is 9.78 Å². The maximum Gasteiger partial charge on any atom is 0.255 e. The summed E-state index contributed by atoms with van der Waals surface area (Å²) >= 11 is 0. The zero-order valence-corrected chi connectivity index (χ0v) is 14.6. The SMILES string of the molecule is Cc1nc(-c2ncc[nH]2)cc([C@H]2CCCN(C(=O)c3cccnc3)C2)n1. The topological polar surface area (TPSA) is 87.7 Å². The molecule has 4 heterocycles. The second kappa shape index (κ2) is 7.03. The van der Waals surface area contributed by atoms with Crippen molar-refractivity contribution in [3.05, 3.63) is 60.1 Å². The fourth-order valence-corrected chi connectivity index (χ4v) is 3.40. The van der Waals surface area contributed by atoms with Crippen LogP contribution in [0.15, 0.2) is 43.0 Å². The number of piperidine rings is 1. The van der Waals surface area contributed by atoms with Crippen molar-refractivity contribution < 1.29 is 4.79 Å². The average molecular weight is 348 g/mol. The van der Waals surface area contributed by atoms with E-state index in [1.807, 2.05) is 24.0 Å². The Hall–Kier alpha value is -3.09. The first-order valence-corrected chi connectivity index (χ1v) is 8.75. The largest absolute Gasteiger partial charge is 0.343 e. The normalized spacial score (nSPS) is 17.3. The molecule has 0 aliphatic carbocycles. The van der Waals surface area contributed by atoms with Gasteiger partial charge in [0.25, 0.3) is 5.91 Å². The van der Waals surface area contributed by atoms with Crippen molar-refractivity contribution in [3.8, 4) is 11.5 Å². The van der Waals surface area contributed by atoms with Crippen LogP contribution >= 0.6 is 0 Å². The number of nitrogens with zero attached hydrogens (tertiary/aromatic N) is 5. The predicted octanol–water partition coefficient (Wildman–Crippen LogP) is 2.59. The number of rotatable bonds is 3. The number of hydrogen-bond acceptors (Lipinski definition) is 5. The fourth-order valence-electron chi connectivity index (χ4n) is 3.40. The number of amides is 1. The molecule has 4 rings (SSSR count). The van der Waals surface area contributed by atoms with Crippen LogP contribution in [-0.4, -0.2) is 48.8 Å². The van der Waals surface area contributed by atoms with E-state index in [9.17, 15) is 4.79 Å². The van der Waals surface area contributed by atoms with Crippen LogP contribution in [0.25, 0.3) is 11.5 Å². The molecule has 1 amide bonds. The monoisotopic (exact) mass is 348 g/mol. The van der Waals surface area contributed by atoms with Crippen LogP contribution in [0.5, 0.6) is 0 Å². The number of aromatic nitrogens is 5. The summed E-state index contributed by atoms with van der Waals surface area (Å²) in [5, 5.41) is 0. The lowest BCUT2D eigenvalue weighted by Gasteiger charge is -2.32. The van der Waals surface area contributed by atoms with Crippen LogP contribution in [-0.2, 0) is 0 Å². The number of likely N-dealkylation sites (tertiary alicyclic amines) is 1. The zero-order valence-electron chi connectivity index (χ0n) is 14.6. The lowest BCUT2D eigenvalue weighted by Crippen LogP contribution is -2.39. The average Bonchev–Trinajstić information content (AvgIpc) is 3.23. The molecule has 0 bridgehead atoms. The maximum atomic E-state index is 12.7. The Bertz CT molecular complexity index is 894. The Labute approximate surface area is 151 Å². The summed E-state index contributed by atoms with van der Waals surface area (Å²) in [6.07, 6.45) is 8.74. The summed E-state index contributed by atoms with van der Waals surface area (Å²) in [4.78, 5) is 35.2. The number of imidazole rings is 1. The van der Waals surface area contributed by atoms with Gasteiger partial charge in [0.2, 0.25) is 0 Å². The molecule has 0 unspecified atom stereocenters. The highest BCUT2D eigenvalue weighted by atomic mass is 16.2. The van der Waals surface area contributed by atoms with Crippen molar-refractivity contribution >= 4 is 5.91 Å². The maximum absolute atomic E-state index is 12.7. The number of aryl methyl sites for hydroxylation is 1. The number of nitrogens with one attached hydrogen (secondary N) is 1. The molecule has 1 atom stereocenters. The minimum atomic E-state index is 0.0276. The van der Waals surface area contributed by atoms with Crippen molar-refractivity contribution in [3.63, 3.8) is 0 Å². The van der Waals surface area contributed by atoms with E-state index in [4.69, 9.17) is 0 Å². The molecule has 0 aromatic carbocycles. The Morgan fingerprint density at radius 2 is 2.23 bits per heavy atom. The quantitative estimate of drug-likeness (QED) is 0.786. The summed E-state index contributed by atoms with van der Waals surface area (Å²) < 4.78 is 0. The molecule has 3 aromatic rings. The third-order valence-corrected chi connectivity index (χ3v) is 4.63. The van der Waals surface area contributed by atoms with Crippen molar-refractivity contribution in [2.24, 2.45) is 0 Å². The summed E-state index contributed by atoms with van der Waals surface area (Å²) in [5.41, 5.74) is 2.38. The summed E-state index contributed by atoms with van der Waals surface area (Å²) in [5.74, 6) is 1.67. The smallest absolute Gasteiger partial charge is 0.255 e. The van der Waals surface area contributed by atoms with Crippen LogP contribution < -0.4 is 0 Å². The molecule has 1 fully saturated rings. The van der Waals surface area contributed by atoms with Gasteiger partial charge < -0.3 is 9.88 Å². The van der Waals surface area contributed by atoms with Crippen LogP contribution in [0.4, 0.5) is 0 Å². The van der Waals surface area contributed by atoms with Crippen molar-refractivity contribution in [2.75, 3.05) is 13.1 Å². The van der Waals surface area contributed by atoms with Crippen molar-refractivity contribution in [1.29, 1.82) is 0 Å². The Kier molecular flexibility index (Phi) is 4.43. The molecule has 132 valence electrons. The molecular formula is C19H20N6O. The predicted molar refractivity (Wildman–Crippen MR) is 96.5 cm³/mol. The highest BCUT2D eigenvalue weighted by Crippen LogP contribution is 2.28. The number of H-pyrrole nitrogens is 1. The van der Waals surface area contributed by atoms with E-state index in [0.29, 0.717) is 17.9 Å². The molecule has 1 aliphatic rings. The van der Waals surface area contributed by atoms with Crippen LogP contribution in [0.2, 0.25) is 0 Å². The molecule has 26 heavy (non-hydrogen) atoms. The molecule has 0 spiro atoms. The minimum absolute atomic E-state index is 0.0276. The van der Waals surface area contributed by atoms with Gasteiger partial charge in [-0.1, -0.05) is 0 Å². The van der Waals surface area contributed by atoms with E-state index < -0.39 is 0 Å². The number of pyridine rings is 1. The number of carbonyl (C=O) groups excluding carboxylic acids is 1. The minimum Gasteiger partial charge on any atom is -0.343 e. The second-order valence-electron chi connectivity index (χ2n) is 6.50. The molecule has 1 aliphatic heterocycles. The molecule has 3 aromatic heterocycles. The van der Waals surface area contributed by atoms with Gasteiger partial charge in [0.05, 0.1) is 5.56 Å². The van der Waals surface area contributed by atoms with E-state index in [1.165, 1.54) is 0 Å². The Balaban J connectivity index is 1.57. The van der Waals surface area contributed by atoms with Gasteiger partial charge >= 0.3 is 0 Å². The van der Waals surface area contributed by atoms with Crippen LogP contribution in [0, 0.1) is 6.92 Å². The second-order valence-corrected chi connectivity index (χ2v) is 6.50. The Morgan fingerprint density at radius 3 is 3.00 bits per heavy atom. The first-order valence-electron chi connectivity index (χ1n) is 8.75. The molecule has 0 radical (unpaired) electrons. The van der Waals surface area contributed by atoms with Gasteiger partial charge in [-0.25, -0.2) is 15.0 Å². The van der Waals surface area contributed by atoms with Crippen LogP contribution in [0.3, 0.4) is 0 Å². The molecular weight excluding hydrogens is 328 g/mol. The molecule has 7 heteroatoms. The molecule has 1 saturated heterocycles. The van der Waals surface area contributed by atoms with Gasteiger partial charge in [0, 0.05) is 49.5 Å². The zero-order chi connectivity index (χ0) is 17.9. The van der Waals surface area contributed by atoms with E-state index in [1.54, 1.807) is 30.9 Å². The number of aromatic amines is 1. The van der Waals surface area contributed by atoms with E-state index in [0.717, 1.165) is 36.6 Å². The molecule has 7 nitrogen and oxygen atoms in total. The fraction of sp³-hybridized carbons (Fsp3) is 0.316. The van der Waals surface area contributed by atoms with E-state index in [2.05, 4.69) is 24.9 Å².